The molecule has 0 heterocycles. The summed E-state index contributed by atoms with van der Waals surface area (Å²) in [7, 11) is 1.61. The third-order valence-electron chi connectivity index (χ3n) is 5.13. The van der Waals surface area contributed by atoms with Crippen LogP contribution in [0.1, 0.15) is 65.7 Å². The van der Waals surface area contributed by atoms with Gasteiger partial charge in [0.05, 0.1) is 12.7 Å². The number of anilines is 1. The lowest BCUT2D eigenvalue weighted by Gasteiger charge is -2.24. The molecule has 2 aromatic rings. The van der Waals surface area contributed by atoms with Crippen molar-refractivity contribution < 1.29 is 9.53 Å². The maximum atomic E-state index is 12.9. The van der Waals surface area contributed by atoms with Crippen LogP contribution in [0.4, 0.5) is 5.69 Å². The van der Waals surface area contributed by atoms with E-state index in [1.807, 2.05) is 30.3 Å². The molecular weight excluding hydrogens is 324 g/mol. The summed E-state index contributed by atoms with van der Waals surface area (Å²) in [5, 5.41) is 3.07. The zero-order chi connectivity index (χ0) is 18.5. The summed E-state index contributed by atoms with van der Waals surface area (Å²) in [6.45, 7) is 2.17. The van der Waals surface area contributed by atoms with Crippen molar-refractivity contribution in [1.29, 1.82) is 0 Å². The van der Waals surface area contributed by atoms with Gasteiger partial charge in [-0.1, -0.05) is 31.5 Å². The van der Waals surface area contributed by atoms with E-state index in [4.69, 9.17) is 10.5 Å². The molecule has 3 N–H and O–H groups in total. The van der Waals surface area contributed by atoms with Gasteiger partial charge in [-0.3, -0.25) is 4.79 Å². The molecule has 4 nitrogen and oxygen atoms in total. The second-order valence-corrected chi connectivity index (χ2v) is 6.96. The van der Waals surface area contributed by atoms with Crippen LogP contribution in [0, 0.1) is 0 Å². The van der Waals surface area contributed by atoms with Gasteiger partial charge >= 0.3 is 0 Å². The smallest absolute Gasteiger partial charge is 0.259 e. The minimum atomic E-state index is -0.142. The van der Waals surface area contributed by atoms with Crippen molar-refractivity contribution in [1.82, 2.24) is 0 Å². The standard InChI is InChI=1S/C22H28N2O2/c1-3-4-7-15-12-13-18(21(14-15)26-2)22(25)24-20-11-6-8-16-17(20)9-5-10-19(16)23/h6,8,11-14,19H,3-5,7,9-10,23H2,1-2H3,(H,24,25). The molecule has 0 radical (unpaired) electrons. The zero-order valence-electron chi connectivity index (χ0n) is 15.7. The van der Waals surface area contributed by atoms with E-state index in [9.17, 15) is 4.79 Å². The fourth-order valence-corrected chi connectivity index (χ4v) is 3.65. The third kappa shape index (κ3) is 3.91. The molecule has 138 valence electrons. The van der Waals surface area contributed by atoms with Gasteiger partial charge in [0.15, 0.2) is 0 Å². The van der Waals surface area contributed by atoms with E-state index < -0.39 is 0 Å². The molecule has 26 heavy (non-hydrogen) atoms. The second kappa shape index (κ2) is 8.37. The summed E-state index contributed by atoms with van der Waals surface area (Å²) in [4.78, 5) is 12.9. The summed E-state index contributed by atoms with van der Waals surface area (Å²) >= 11 is 0. The van der Waals surface area contributed by atoms with Crippen LogP contribution in [0.2, 0.25) is 0 Å². The molecule has 0 saturated carbocycles. The van der Waals surface area contributed by atoms with Gasteiger partial charge in [0.2, 0.25) is 0 Å². The summed E-state index contributed by atoms with van der Waals surface area (Å²) in [6, 6.07) is 11.9. The van der Waals surface area contributed by atoms with Crippen molar-refractivity contribution in [3.63, 3.8) is 0 Å². The molecule has 0 bridgehead atoms. The largest absolute Gasteiger partial charge is 0.496 e. The van der Waals surface area contributed by atoms with E-state index in [-0.39, 0.29) is 11.9 Å². The molecule has 0 fully saturated rings. The third-order valence-corrected chi connectivity index (χ3v) is 5.13. The van der Waals surface area contributed by atoms with E-state index >= 15 is 0 Å². The Hall–Kier alpha value is -2.33. The maximum absolute atomic E-state index is 12.9. The molecule has 1 unspecified atom stereocenters. The van der Waals surface area contributed by atoms with Crippen molar-refractivity contribution in [2.24, 2.45) is 5.73 Å². The van der Waals surface area contributed by atoms with Gasteiger partial charge < -0.3 is 15.8 Å². The van der Waals surface area contributed by atoms with E-state index in [1.165, 1.54) is 5.56 Å². The van der Waals surface area contributed by atoms with E-state index in [0.717, 1.165) is 55.3 Å². The normalized spacial score (nSPS) is 16.0. The predicted octanol–water partition coefficient (Wildman–Crippen LogP) is 4.63. The maximum Gasteiger partial charge on any atom is 0.259 e. The highest BCUT2D eigenvalue weighted by Crippen LogP contribution is 2.33. The van der Waals surface area contributed by atoms with E-state index in [1.54, 1.807) is 7.11 Å². The number of unbranched alkanes of at least 4 members (excludes halogenated alkanes) is 1. The number of hydrogen-bond acceptors (Lipinski definition) is 3. The van der Waals surface area contributed by atoms with Crippen molar-refractivity contribution >= 4 is 11.6 Å². The molecule has 1 amide bonds. The second-order valence-electron chi connectivity index (χ2n) is 6.96. The first-order valence-corrected chi connectivity index (χ1v) is 9.49. The van der Waals surface area contributed by atoms with Gasteiger partial charge in [-0.05, 0) is 67.0 Å². The number of amides is 1. The molecule has 1 aliphatic carbocycles. The highest BCUT2D eigenvalue weighted by Gasteiger charge is 2.21. The Labute approximate surface area is 155 Å². The number of hydrogen-bond donors (Lipinski definition) is 2. The Morgan fingerprint density at radius 3 is 2.92 bits per heavy atom. The Kier molecular flexibility index (Phi) is 5.94. The van der Waals surface area contributed by atoms with Crippen LogP contribution < -0.4 is 15.8 Å². The van der Waals surface area contributed by atoms with Crippen molar-refractivity contribution in [3.8, 4) is 5.75 Å². The van der Waals surface area contributed by atoms with Gasteiger partial charge in [0.25, 0.3) is 5.91 Å². The van der Waals surface area contributed by atoms with Crippen LogP contribution in [0.5, 0.6) is 5.75 Å². The van der Waals surface area contributed by atoms with Crippen molar-refractivity contribution in [2.45, 2.75) is 51.5 Å². The molecule has 0 aliphatic heterocycles. The molecule has 4 heteroatoms. The number of methoxy groups -OCH3 is 1. The number of ether oxygens (including phenoxy) is 1. The molecule has 2 aromatic carbocycles. The number of rotatable bonds is 6. The predicted molar refractivity (Wildman–Crippen MR) is 106 cm³/mol. The minimum Gasteiger partial charge on any atom is -0.496 e. The molecule has 3 rings (SSSR count). The molecule has 0 spiro atoms. The Morgan fingerprint density at radius 2 is 2.15 bits per heavy atom. The lowest BCUT2D eigenvalue weighted by Crippen LogP contribution is -2.20. The molecule has 1 aliphatic rings. The SMILES string of the molecule is CCCCc1ccc(C(=O)Nc2cccc3c2CCCC3N)c(OC)c1. The fourth-order valence-electron chi connectivity index (χ4n) is 3.65. The summed E-state index contributed by atoms with van der Waals surface area (Å²) in [5.41, 5.74) is 11.2. The Morgan fingerprint density at radius 1 is 1.31 bits per heavy atom. The van der Waals surface area contributed by atoms with E-state index in [0.29, 0.717) is 11.3 Å². The first-order chi connectivity index (χ1) is 12.6. The zero-order valence-corrected chi connectivity index (χ0v) is 15.7. The average molecular weight is 352 g/mol. The number of benzene rings is 2. The van der Waals surface area contributed by atoms with Crippen molar-refractivity contribution in [2.75, 3.05) is 12.4 Å². The molecule has 0 saturated heterocycles. The van der Waals surface area contributed by atoms with Crippen LogP contribution in [0.25, 0.3) is 0 Å². The number of fused-ring (bicyclic) bond motifs is 1. The molecule has 1 atom stereocenters. The minimum absolute atomic E-state index is 0.0583. The number of nitrogens with two attached hydrogens (primary N) is 1. The number of aryl methyl sites for hydroxylation is 1. The number of carbonyl (C=O) groups excluding carboxylic acids is 1. The molecule has 0 aromatic heterocycles. The monoisotopic (exact) mass is 352 g/mol. The number of carbonyl (C=O) groups is 1. The van der Waals surface area contributed by atoms with Crippen molar-refractivity contribution in [3.05, 3.63) is 58.7 Å². The fraction of sp³-hybridized carbons (Fsp3) is 0.409. The van der Waals surface area contributed by atoms with Crippen LogP contribution in [-0.2, 0) is 12.8 Å². The first-order valence-electron chi connectivity index (χ1n) is 9.49. The topological polar surface area (TPSA) is 64.4 Å². The van der Waals surface area contributed by atoms with Gasteiger partial charge in [-0.2, -0.15) is 0 Å². The highest BCUT2D eigenvalue weighted by molar-refractivity contribution is 6.06. The van der Waals surface area contributed by atoms with Crippen LogP contribution in [-0.4, -0.2) is 13.0 Å². The van der Waals surface area contributed by atoms with E-state index in [2.05, 4.69) is 18.3 Å². The highest BCUT2D eigenvalue weighted by atomic mass is 16.5. The molecular formula is C22H28N2O2. The summed E-state index contributed by atoms with van der Waals surface area (Å²) in [5.74, 6) is 0.481. The lowest BCUT2D eigenvalue weighted by atomic mass is 9.87. The van der Waals surface area contributed by atoms with Crippen LogP contribution in [0.3, 0.4) is 0 Å². The summed E-state index contributed by atoms with van der Waals surface area (Å²) < 4.78 is 5.47. The van der Waals surface area contributed by atoms with Crippen LogP contribution in [0.15, 0.2) is 36.4 Å². The summed E-state index contributed by atoms with van der Waals surface area (Å²) in [6.07, 6.45) is 6.27. The first kappa shape index (κ1) is 18.5. The van der Waals surface area contributed by atoms with Gasteiger partial charge in [0.1, 0.15) is 5.75 Å². The van der Waals surface area contributed by atoms with Gasteiger partial charge in [-0.25, -0.2) is 0 Å². The van der Waals surface area contributed by atoms with Crippen LogP contribution >= 0.6 is 0 Å². The number of nitrogens with one attached hydrogen (secondary N) is 1. The average Bonchev–Trinajstić information content (AvgIpc) is 2.67. The van der Waals surface area contributed by atoms with Gasteiger partial charge in [0, 0.05) is 11.7 Å². The Balaban J connectivity index is 1.83. The lowest BCUT2D eigenvalue weighted by molar-refractivity contribution is 0.102. The van der Waals surface area contributed by atoms with Gasteiger partial charge in [-0.15, -0.1) is 0 Å². The Bertz CT molecular complexity index is 786. The quantitative estimate of drug-likeness (QED) is 0.797.